The molecule has 0 fully saturated rings. The number of fused-ring (bicyclic) bond motifs is 1. The van der Waals surface area contributed by atoms with Crippen molar-refractivity contribution in [2.24, 2.45) is 0 Å². The zero-order valence-corrected chi connectivity index (χ0v) is 18.9. The molecule has 4 rings (SSSR count). The van der Waals surface area contributed by atoms with E-state index >= 15 is 0 Å². The number of aromatic nitrogens is 1. The third kappa shape index (κ3) is 4.32. The summed E-state index contributed by atoms with van der Waals surface area (Å²) in [6.07, 6.45) is 0.282. The molecule has 2 amide bonds. The molecule has 0 bridgehead atoms. The molecule has 1 unspecified atom stereocenters. The lowest BCUT2D eigenvalue weighted by Crippen LogP contribution is -2.47. The third-order valence-corrected chi connectivity index (χ3v) is 6.18. The molecule has 6 nitrogen and oxygen atoms in total. The second-order valence-electron chi connectivity index (χ2n) is 7.60. The van der Waals surface area contributed by atoms with Gasteiger partial charge in [-0.15, -0.1) is 11.3 Å². The number of benzene rings is 2. The fraction of sp³-hybridized carbons (Fsp3) is 0.292. The number of ether oxygens (including phenoxy) is 1. The number of nitrogens with zero attached hydrogens (tertiary/aromatic N) is 2. The zero-order chi connectivity index (χ0) is 22.1. The van der Waals surface area contributed by atoms with Crippen molar-refractivity contribution in [3.8, 4) is 17.0 Å². The van der Waals surface area contributed by atoms with Crippen LogP contribution in [0.2, 0.25) is 0 Å². The predicted octanol–water partition coefficient (Wildman–Crippen LogP) is 4.74. The Hall–Kier alpha value is -3.19. The van der Waals surface area contributed by atoms with Gasteiger partial charge in [-0.2, -0.15) is 0 Å². The standard InChI is InChI=1S/C24H25N3O3S/c1-5-17-6-9-19(10-7-17)26-22(28)13-27-20-12-18(23-15(3)31-16(4)25-23)8-11-21(20)30-14(2)24(27)29/h6-12,14H,5,13H2,1-4H3,(H,26,28). The summed E-state index contributed by atoms with van der Waals surface area (Å²) in [6, 6.07) is 13.4. The number of amides is 2. The monoisotopic (exact) mass is 435 g/mol. The smallest absolute Gasteiger partial charge is 0.268 e. The minimum atomic E-state index is -0.654. The van der Waals surface area contributed by atoms with E-state index in [2.05, 4.69) is 17.2 Å². The molecule has 1 N–H and O–H groups in total. The maximum Gasteiger partial charge on any atom is 0.268 e. The van der Waals surface area contributed by atoms with Crippen LogP contribution < -0.4 is 15.0 Å². The van der Waals surface area contributed by atoms with Crippen LogP contribution in [0.1, 0.15) is 29.3 Å². The SMILES string of the molecule is CCc1ccc(NC(=O)CN2C(=O)C(C)Oc3ccc(-c4nc(C)sc4C)cc32)cc1. The quantitative estimate of drug-likeness (QED) is 0.628. The van der Waals surface area contributed by atoms with Crippen LogP contribution in [-0.4, -0.2) is 29.4 Å². The molecule has 2 aromatic carbocycles. The third-order valence-electron chi connectivity index (χ3n) is 5.29. The summed E-state index contributed by atoms with van der Waals surface area (Å²) < 4.78 is 5.79. The summed E-state index contributed by atoms with van der Waals surface area (Å²) >= 11 is 1.63. The summed E-state index contributed by atoms with van der Waals surface area (Å²) in [7, 11) is 0. The Kier molecular flexibility index (Phi) is 5.78. The van der Waals surface area contributed by atoms with Crippen LogP contribution in [0, 0.1) is 13.8 Å². The molecule has 160 valence electrons. The predicted molar refractivity (Wildman–Crippen MR) is 124 cm³/mol. The molecule has 1 atom stereocenters. The van der Waals surface area contributed by atoms with E-state index in [1.165, 1.54) is 10.5 Å². The minimum Gasteiger partial charge on any atom is -0.479 e. The summed E-state index contributed by atoms with van der Waals surface area (Å²) in [6.45, 7) is 7.68. The van der Waals surface area contributed by atoms with E-state index in [9.17, 15) is 9.59 Å². The lowest BCUT2D eigenvalue weighted by Gasteiger charge is -2.33. The average molecular weight is 436 g/mol. The van der Waals surface area contributed by atoms with Crippen molar-refractivity contribution < 1.29 is 14.3 Å². The second kappa shape index (κ2) is 8.51. The average Bonchev–Trinajstić information content (AvgIpc) is 3.09. The Balaban J connectivity index is 1.61. The minimum absolute atomic E-state index is 0.0897. The first-order valence-corrected chi connectivity index (χ1v) is 11.1. The van der Waals surface area contributed by atoms with E-state index in [-0.39, 0.29) is 18.4 Å². The number of aryl methyl sites for hydroxylation is 3. The van der Waals surface area contributed by atoms with Crippen molar-refractivity contribution in [3.05, 3.63) is 57.9 Å². The highest BCUT2D eigenvalue weighted by Gasteiger charge is 2.33. The molecule has 7 heteroatoms. The number of hydrogen-bond donors (Lipinski definition) is 1. The van der Waals surface area contributed by atoms with E-state index in [1.807, 2.05) is 56.3 Å². The Morgan fingerprint density at radius 1 is 1.19 bits per heavy atom. The lowest BCUT2D eigenvalue weighted by atomic mass is 10.1. The molecule has 1 aliphatic heterocycles. The zero-order valence-electron chi connectivity index (χ0n) is 18.1. The van der Waals surface area contributed by atoms with Gasteiger partial charge in [-0.3, -0.25) is 14.5 Å². The van der Waals surface area contributed by atoms with Gasteiger partial charge in [0, 0.05) is 16.1 Å². The lowest BCUT2D eigenvalue weighted by molar-refractivity contribution is -0.127. The first-order valence-electron chi connectivity index (χ1n) is 10.3. The van der Waals surface area contributed by atoms with Gasteiger partial charge in [0.2, 0.25) is 5.91 Å². The van der Waals surface area contributed by atoms with Crippen molar-refractivity contribution in [2.75, 3.05) is 16.8 Å². The van der Waals surface area contributed by atoms with Gasteiger partial charge in [0.25, 0.3) is 5.91 Å². The van der Waals surface area contributed by atoms with Crippen molar-refractivity contribution in [2.45, 2.75) is 40.2 Å². The van der Waals surface area contributed by atoms with Gasteiger partial charge < -0.3 is 10.1 Å². The normalized spacial score (nSPS) is 15.4. The molecular formula is C24H25N3O3S. The van der Waals surface area contributed by atoms with Crippen LogP contribution in [-0.2, 0) is 16.0 Å². The van der Waals surface area contributed by atoms with Crippen LogP contribution in [0.25, 0.3) is 11.3 Å². The van der Waals surface area contributed by atoms with Crippen LogP contribution in [0.4, 0.5) is 11.4 Å². The molecule has 2 heterocycles. The summed E-state index contributed by atoms with van der Waals surface area (Å²) in [4.78, 5) is 32.9. The van der Waals surface area contributed by atoms with Gasteiger partial charge >= 0.3 is 0 Å². The largest absolute Gasteiger partial charge is 0.479 e. The van der Waals surface area contributed by atoms with Crippen LogP contribution >= 0.6 is 11.3 Å². The molecule has 0 spiro atoms. The number of rotatable bonds is 5. The van der Waals surface area contributed by atoms with Crippen molar-refractivity contribution >= 4 is 34.5 Å². The van der Waals surface area contributed by atoms with Gasteiger partial charge in [-0.05, 0) is 63.1 Å². The van der Waals surface area contributed by atoms with Gasteiger partial charge in [0.05, 0.1) is 16.4 Å². The van der Waals surface area contributed by atoms with Crippen molar-refractivity contribution in [3.63, 3.8) is 0 Å². The van der Waals surface area contributed by atoms with E-state index < -0.39 is 6.10 Å². The van der Waals surface area contributed by atoms with Crippen LogP contribution in [0.15, 0.2) is 42.5 Å². The van der Waals surface area contributed by atoms with E-state index in [4.69, 9.17) is 4.74 Å². The second-order valence-corrected chi connectivity index (χ2v) is 9.01. The molecule has 31 heavy (non-hydrogen) atoms. The molecule has 1 aromatic heterocycles. The summed E-state index contributed by atoms with van der Waals surface area (Å²) in [5.74, 6) is 0.0802. The van der Waals surface area contributed by atoms with E-state index in [0.29, 0.717) is 17.1 Å². The molecular weight excluding hydrogens is 410 g/mol. The van der Waals surface area contributed by atoms with Gasteiger partial charge in [0.15, 0.2) is 6.10 Å². The van der Waals surface area contributed by atoms with Crippen LogP contribution in [0.5, 0.6) is 5.75 Å². The number of nitrogens with one attached hydrogen (secondary N) is 1. The number of carbonyl (C=O) groups is 2. The number of hydrogen-bond acceptors (Lipinski definition) is 5. The Morgan fingerprint density at radius 3 is 2.58 bits per heavy atom. The first-order chi connectivity index (χ1) is 14.9. The topological polar surface area (TPSA) is 71.5 Å². The molecule has 0 aliphatic carbocycles. The Labute approximate surface area is 185 Å². The Bertz CT molecular complexity index is 1140. The number of carbonyl (C=O) groups excluding carboxylic acids is 2. The van der Waals surface area contributed by atoms with Crippen molar-refractivity contribution in [1.82, 2.24) is 4.98 Å². The molecule has 0 saturated carbocycles. The molecule has 0 radical (unpaired) electrons. The maximum absolute atomic E-state index is 12.9. The highest BCUT2D eigenvalue weighted by molar-refractivity contribution is 7.11. The van der Waals surface area contributed by atoms with E-state index in [1.54, 1.807) is 18.3 Å². The molecule has 3 aromatic rings. The van der Waals surface area contributed by atoms with Gasteiger partial charge in [-0.25, -0.2) is 4.98 Å². The highest BCUT2D eigenvalue weighted by atomic mass is 32.1. The van der Waals surface area contributed by atoms with E-state index in [0.717, 1.165) is 27.6 Å². The molecule has 0 saturated heterocycles. The molecule has 1 aliphatic rings. The fourth-order valence-electron chi connectivity index (χ4n) is 3.68. The van der Waals surface area contributed by atoms with Gasteiger partial charge in [0.1, 0.15) is 12.3 Å². The summed E-state index contributed by atoms with van der Waals surface area (Å²) in [5, 5.41) is 3.86. The van der Waals surface area contributed by atoms with Crippen molar-refractivity contribution in [1.29, 1.82) is 0 Å². The highest BCUT2D eigenvalue weighted by Crippen LogP contribution is 2.38. The number of anilines is 2. The van der Waals surface area contributed by atoms with Crippen LogP contribution in [0.3, 0.4) is 0 Å². The summed E-state index contributed by atoms with van der Waals surface area (Å²) in [5.41, 5.74) is 4.27. The maximum atomic E-state index is 12.9. The van der Waals surface area contributed by atoms with Gasteiger partial charge in [-0.1, -0.05) is 19.1 Å². The fourth-order valence-corrected chi connectivity index (χ4v) is 4.52. The Morgan fingerprint density at radius 2 is 1.94 bits per heavy atom. The first kappa shape index (κ1) is 21.1. The number of thiazole rings is 1.